The molecule has 0 spiro atoms. The third kappa shape index (κ3) is 4.48. The van der Waals surface area contributed by atoms with E-state index in [0.717, 1.165) is 16.9 Å². The number of amides is 2. The van der Waals surface area contributed by atoms with E-state index in [2.05, 4.69) is 5.32 Å². The van der Waals surface area contributed by atoms with Crippen LogP contribution in [-0.2, 0) is 13.1 Å². The largest absolute Gasteiger partial charge is 0.497 e. The number of carbonyl (C=O) groups is 1. The lowest BCUT2D eigenvalue weighted by atomic mass is 10.2. The zero-order chi connectivity index (χ0) is 15.9. The first-order valence-corrected chi connectivity index (χ1v) is 6.95. The van der Waals surface area contributed by atoms with Crippen molar-refractivity contribution in [1.29, 1.82) is 0 Å². The standard InChI is InChI=1S/C17H19FN2O2/c1-20(12-14-5-9-16(22-2)10-6-14)17(21)19-11-13-3-7-15(18)8-4-13/h3-10H,11-12H2,1-2H3,(H,19,21). The lowest BCUT2D eigenvalue weighted by Gasteiger charge is -2.18. The van der Waals surface area contributed by atoms with Crippen molar-refractivity contribution >= 4 is 6.03 Å². The van der Waals surface area contributed by atoms with Crippen molar-refractivity contribution in [2.75, 3.05) is 14.2 Å². The lowest BCUT2D eigenvalue weighted by Crippen LogP contribution is -2.36. The molecule has 1 N–H and O–H groups in total. The van der Waals surface area contributed by atoms with E-state index in [1.54, 1.807) is 31.2 Å². The van der Waals surface area contributed by atoms with E-state index >= 15 is 0 Å². The normalized spacial score (nSPS) is 10.1. The highest BCUT2D eigenvalue weighted by molar-refractivity contribution is 5.73. The van der Waals surface area contributed by atoms with Gasteiger partial charge in [0.1, 0.15) is 11.6 Å². The summed E-state index contributed by atoms with van der Waals surface area (Å²) in [4.78, 5) is 13.6. The Morgan fingerprint density at radius 1 is 1.09 bits per heavy atom. The average molecular weight is 302 g/mol. The van der Waals surface area contributed by atoms with Gasteiger partial charge in [-0.25, -0.2) is 9.18 Å². The smallest absolute Gasteiger partial charge is 0.317 e. The molecule has 0 radical (unpaired) electrons. The first-order valence-electron chi connectivity index (χ1n) is 6.95. The molecule has 22 heavy (non-hydrogen) atoms. The quantitative estimate of drug-likeness (QED) is 0.921. The van der Waals surface area contributed by atoms with Gasteiger partial charge in [0.25, 0.3) is 0 Å². The Labute approximate surface area is 129 Å². The molecule has 2 aromatic rings. The SMILES string of the molecule is COc1ccc(CN(C)C(=O)NCc2ccc(F)cc2)cc1. The summed E-state index contributed by atoms with van der Waals surface area (Å²) in [5, 5.41) is 2.80. The van der Waals surface area contributed by atoms with Crippen molar-refractivity contribution in [3.63, 3.8) is 0 Å². The van der Waals surface area contributed by atoms with Crippen LogP contribution in [0.25, 0.3) is 0 Å². The van der Waals surface area contributed by atoms with Gasteiger partial charge in [-0.3, -0.25) is 0 Å². The summed E-state index contributed by atoms with van der Waals surface area (Å²) < 4.78 is 17.9. The highest BCUT2D eigenvalue weighted by Crippen LogP contribution is 2.12. The molecule has 5 heteroatoms. The Kier molecular flexibility index (Phi) is 5.36. The summed E-state index contributed by atoms with van der Waals surface area (Å²) in [5.74, 6) is 0.499. The minimum atomic E-state index is -0.285. The molecule has 2 rings (SSSR count). The number of methoxy groups -OCH3 is 1. The van der Waals surface area contributed by atoms with Crippen molar-refractivity contribution < 1.29 is 13.9 Å². The molecule has 0 aliphatic rings. The summed E-state index contributed by atoms with van der Waals surface area (Å²) in [6.07, 6.45) is 0. The van der Waals surface area contributed by atoms with E-state index in [0.29, 0.717) is 13.1 Å². The van der Waals surface area contributed by atoms with Gasteiger partial charge >= 0.3 is 6.03 Å². The predicted molar refractivity (Wildman–Crippen MR) is 83.1 cm³/mol. The zero-order valence-corrected chi connectivity index (χ0v) is 12.7. The van der Waals surface area contributed by atoms with Crippen molar-refractivity contribution in [1.82, 2.24) is 10.2 Å². The summed E-state index contributed by atoms with van der Waals surface area (Å²) in [5.41, 5.74) is 1.87. The Morgan fingerprint density at radius 2 is 1.68 bits per heavy atom. The Morgan fingerprint density at radius 3 is 2.27 bits per heavy atom. The van der Waals surface area contributed by atoms with Gasteiger partial charge in [0.05, 0.1) is 7.11 Å². The molecule has 116 valence electrons. The van der Waals surface area contributed by atoms with Crippen LogP contribution in [0.4, 0.5) is 9.18 Å². The third-order valence-electron chi connectivity index (χ3n) is 3.28. The van der Waals surface area contributed by atoms with Crippen LogP contribution >= 0.6 is 0 Å². The minimum Gasteiger partial charge on any atom is -0.497 e. The lowest BCUT2D eigenvalue weighted by molar-refractivity contribution is 0.206. The van der Waals surface area contributed by atoms with Gasteiger partial charge in [0.15, 0.2) is 0 Å². The van der Waals surface area contributed by atoms with Crippen LogP contribution in [0.2, 0.25) is 0 Å². The van der Waals surface area contributed by atoms with Gasteiger partial charge in [-0.05, 0) is 35.4 Å². The molecule has 0 unspecified atom stereocenters. The fourth-order valence-electron chi connectivity index (χ4n) is 1.99. The van der Waals surface area contributed by atoms with Gasteiger partial charge in [-0.15, -0.1) is 0 Å². The monoisotopic (exact) mass is 302 g/mol. The van der Waals surface area contributed by atoms with Gasteiger partial charge in [-0.2, -0.15) is 0 Å². The maximum absolute atomic E-state index is 12.8. The molecular formula is C17H19FN2O2. The minimum absolute atomic E-state index is 0.180. The van der Waals surface area contributed by atoms with Crippen molar-refractivity contribution in [2.24, 2.45) is 0 Å². The van der Waals surface area contributed by atoms with E-state index in [4.69, 9.17) is 4.74 Å². The Balaban J connectivity index is 1.84. The van der Waals surface area contributed by atoms with Crippen LogP contribution in [0, 0.1) is 5.82 Å². The highest BCUT2D eigenvalue weighted by atomic mass is 19.1. The molecule has 0 bridgehead atoms. The van der Waals surface area contributed by atoms with Gasteiger partial charge < -0.3 is 15.0 Å². The summed E-state index contributed by atoms with van der Waals surface area (Å²) in [6, 6.07) is 13.4. The maximum Gasteiger partial charge on any atom is 0.317 e. The predicted octanol–water partition coefficient (Wildman–Crippen LogP) is 3.18. The van der Waals surface area contributed by atoms with E-state index < -0.39 is 0 Å². The molecule has 0 heterocycles. The maximum atomic E-state index is 12.8. The number of ether oxygens (including phenoxy) is 1. The van der Waals surface area contributed by atoms with Crippen LogP contribution < -0.4 is 10.1 Å². The fourth-order valence-corrected chi connectivity index (χ4v) is 1.99. The van der Waals surface area contributed by atoms with E-state index in [1.165, 1.54) is 12.1 Å². The van der Waals surface area contributed by atoms with Crippen LogP contribution in [-0.4, -0.2) is 25.1 Å². The number of hydrogen-bond acceptors (Lipinski definition) is 2. The topological polar surface area (TPSA) is 41.6 Å². The molecule has 0 aliphatic heterocycles. The number of urea groups is 1. The van der Waals surface area contributed by atoms with E-state index in [-0.39, 0.29) is 11.8 Å². The first-order chi connectivity index (χ1) is 10.6. The molecule has 0 atom stereocenters. The van der Waals surface area contributed by atoms with Crippen LogP contribution in [0.3, 0.4) is 0 Å². The number of rotatable bonds is 5. The molecule has 2 aromatic carbocycles. The molecule has 0 saturated carbocycles. The summed E-state index contributed by atoms with van der Waals surface area (Å²) >= 11 is 0. The van der Waals surface area contributed by atoms with Crippen molar-refractivity contribution in [2.45, 2.75) is 13.1 Å². The molecule has 0 saturated heterocycles. The van der Waals surface area contributed by atoms with Crippen LogP contribution in [0.5, 0.6) is 5.75 Å². The molecule has 0 fully saturated rings. The Hall–Kier alpha value is -2.56. The number of hydrogen-bond donors (Lipinski definition) is 1. The fraction of sp³-hybridized carbons (Fsp3) is 0.235. The zero-order valence-electron chi connectivity index (χ0n) is 12.7. The summed E-state index contributed by atoms with van der Waals surface area (Å²) in [7, 11) is 3.34. The van der Waals surface area contributed by atoms with Crippen LogP contribution in [0.1, 0.15) is 11.1 Å². The number of benzene rings is 2. The second-order valence-electron chi connectivity index (χ2n) is 4.99. The molecule has 0 aromatic heterocycles. The number of carbonyl (C=O) groups excluding carboxylic acids is 1. The second-order valence-corrected chi connectivity index (χ2v) is 4.99. The number of nitrogens with one attached hydrogen (secondary N) is 1. The van der Waals surface area contributed by atoms with Gasteiger partial charge in [-0.1, -0.05) is 24.3 Å². The highest BCUT2D eigenvalue weighted by Gasteiger charge is 2.08. The number of halogens is 1. The van der Waals surface area contributed by atoms with E-state index in [1.807, 2.05) is 24.3 Å². The average Bonchev–Trinajstić information content (AvgIpc) is 2.54. The first kappa shape index (κ1) is 15.8. The number of nitrogens with zero attached hydrogens (tertiary/aromatic N) is 1. The van der Waals surface area contributed by atoms with Crippen molar-refractivity contribution in [3.05, 3.63) is 65.5 Å². The Bertz CT molecular complexity index is 612. The van der Waals surface area contributed by atoms with Gasteiger partial charge in [0.2, 0.25) is 0 Å². The second kappa shape index (κ2) is 7.45. The molecule has 0 aliphatic carbocycles. The molecular weight excluding hydrogens is 283 g/mol. The van der Waals surface area contributed by atoms with E-state index in [9.17, 15) is 9.18 Å². The summed E-state index contributed by atoms with van der Waals surface area (Å²) in [6.45, 7) is 0.866. The third-order valence-corrected chi connectivity index (χ3v) is 3.28. The van der Waals surface area contributed by atoms with Crippen LogP contribution in [0.15, 0.2) is 48.5 Å². The molecule has 2 amide bonds. The van der Waals surface area contributed by atoms with Crippen molar-refractivity contribution in [3.8, 4) is 5.75 Å². The van der Waals surface area contributed by atoms with Gasteiger partial charge in [0, 0.05) is 20.1 Å². The molecule has 4 nitrogen and oxygen atoms in total.